The van der Waals surface area contributed by atoms with Gasteiger partial charge in [0.1, 0.15) is 11.6 Å². The van der Waals surface area contributed by atoms with Gasteiger partial charge in [-0.1, -0.05) is 6.07 Å². The maximum atomic E-state index is 13.3. The van der Waals surface area contributed by atoms with Gasteiger partial charge in [-0.15, -0.1) is 0 Å². The third-order valence-electron chi connectivity index (χ3n) is 2.59. The first-order valence-electron chi connectivity index (χ1n) is 4.87. The zero-order chi connectivity index (χ0) is 10.8. The van der Waals surface area contributed by atoms with Crippen molar-refractivity contribution < 1.29 is 13.6 Å². The smallest absolute Gasteiger partial charge is 0.151 e. The monoisotopic (exact) mass is 211 g/mol. The van der Waals surface area contributed by atoms with Crippen LogP contribution in [0, 0.1) is 11.6 Å². The molecule has 0 radical (unpaired) electrons. The molecule has 1 fully saturated rings. The molecule has 80 valence electrons. The summed E-state index contributed by atoms with van der Waals surface area (Å²) < 4.78 is 25.9. The van der Waals surface area contributed by atoms with E-state index in [-0.39, 0.29) is 11.8 Å². The van der Waals surface area contributed by atoms with Crippen LogP contribution in [0.3, 0.4) is 0 Å². The minimum Gasteiger partial charge on any atom is -0.307 e. The molecule has 0 saturated carbocycles. The van der Waals surface area contributed by atoms with E-state index in [1.807, 2.05) is 0 Å². The summed E-state index contributed by atoms with van der Waals surface area (Å²) in [5.74, 6) is -1.09. The Hall–Kier alpha value is -1.29. The minimum absolute atomic E-state index is 0.0960. The van der Waals surface area contributed by atoms with E-state index in [1.54, 1.807) is 0 Å². The van der Waals surface area contributed by atoms with Crippen LogP contribution in [0.5, 0.6) is 0 Å². The fraction of sp³-hybridized carbons (Fsp3) is 0.364. The quantitative estimate of drug-likeness (QED) is 0.802. The third kappa shape index (κ3) is 2.21. The Kier molecular flexibility index (Phi) is 2.77. The van der Waals surface area contributed by atoms with E-state index in [2.05, 4.69) is 5.32 Å². The summed E-state index contributed by atoms with van der Waals surface area (Å²) in [7, 11) is 0. The molecule has 0 aliphatic carbocycles. The van der Waals surface area contributed by atoms with Gasteiger partial charge in [-0.2, -0.15) is 0 Å². The predicted molar refractivity (Wildman–Crippen MR) is 51.5 cm³/mol. The second-order valence-corrected chi connectivity index (χ2v) is 3.66. The zero-order valence-corrected chi connectivity index (χ0v) is 8.09. The molecule has 1 aliphatic heterocycles. The Morgan fingerprint density at radius 3 is 2.80 bits per heavy atom. The summed E-state index contributed by atoms with van der Waals surface area (Å²) in [5.41, 5.74) is 0.379. The zero-order valence-electron chi connectivity index (χ0n) is 8.09. The number of hydrogen-bond acceptors (Lipinski definition) is 2. The highest BCUT2D eigenvalue weighted by Gasteiger charge is 2.24. The Morgan fingerprint density at radius 1 is 1.40 bits per heavy atom. The van der Waals surface area contributed by atoms with Crippen LogP contribution in [0.4, 0.5) is 8.78 Å². The molecule has 0 bridgehead atoms. The van der Waals surface area contributed by atoms with E-state index in [0.29, 0.717) is 24.9 Å². The van der Waals surface area contributed by atoms with Crippen molar-refractivity contribution in [3.8, 4) is 0 Å². The number of Topliss-reactive ketones (excluding diaryl/α,β-unsaturated/α-hetero) is 1. The molecular weight excluding hydrogens is 200 g/mol. The summed E-state index contributed by atoms with van der Waals surface area (Å²) in [6.07, 6.45) is 0.790. The lowest BCUT2D eigenvalue weighted by Gasteiger charge is -2.09. The molecule has 1 unspecified atom stereocenters. The van der Waals surface area contributed by atoms with Crippen LogP contribution >= 0.6 is 0 Å². The second-order valence-electron chi connectivity index (χ2n) is 3.66. The first-order valence-corrected chi connectivity index (χ1v) is 4.87. The number of ketones is 1. The summed E-state index contributed by atoms with van der Waals surface area (Å²) in [4.78, 5) is 11.3. The summed E-state index contributed by atoms with van der Waals surface area (Å²) in [6.45, 7) is 0.645. The highest BCUT2D eigenvalue weighted by atomic mass is 19.1. The molecular formula is C11H11F2NO. The Morgan fingerprint density at radius 2 is 2.20 bits per heavy atom. The molecule has 2 rings (SSSR count). The Bertz CT molecular complexity index is 392. The predicted octanol–water partition coefficient (Wildman–Crippen LogP) is 1.44. The molecule has 2 nitrogen and oxygen atoms in total. The van der Waals surface area contributed by atoms with Crippen molar-refractivity contribution in [3.05, 3.63) is 35.4 Å². The average molecular weight is 211 g/mol. The van der Waals surface area contributed by atoms with Crippen molar-refractivity contribution >= 4 is 5.78 Å². The van der Waals surface area contributed by atoms with Gasteiger partial charge in [-0.25, -0.2) is 8.78 Å². The lowest BCUT2D eigenvalue weighted by Crippen LogP contribution is -2.29. The van der Waals surface area contributed by atoms with Crippen LogP contribution in [-0.4, -0.2) is 18.4 Å². The second kappa shape index (κ2) is 4.06. The molecule has 1 aromatic rings. The molecule has 1 aromatic carbocycles. The van der Waals surface area contributed by atoms with Gasteiger partial charge in [0.2, 0.25) is 0 Å². The third-order valence-corrected chi connectivity index (χ3v) is 2.59. The van der Waals surface area contributed by atoms with Crippen molar-refractivity contribution in [1.29, 1.82) is 0 Å². The van der Waals surface area contributed by atoms with Gasteiger partial charge in [-0.3, -0.25) is 4.79 Å². The molecule has 1 aliphatic rings. The maximum Gasteiger partial charge on any atom is 0.151 e. The first-order chi connectivity index (χ1) is 7.16. The van der Waals surface area contributed by atoms with Crippen LogP contribution in [0.25, 0.3) is 0 Å². The van der Waals surface area contributed by atoms with Crippen molar-refractivity contribution in [2.24, 2.45) is 0 Å². The number of carbonyl (C=O) groups excluding carboxylic acids is 1. The normalized spacial score (nSPS) is 20.9. The fourth-order valence-corrected chi connectivity index (χ4v) is 1.75. The van der Waals surface area contributed by atoms with E-state index < -0.39 is 11.6 Å². The van der Waals surface area contributed by atoms with Crippen LogP contribution in [0.2, 0.25) is 0 Å². The molecule has 1 heterocycles. The van der Waals surface area contributed by atoms with Crippen molar-refractivity contribution in [2.75, 3.05) is 6.54 Å². The van der Waals surface area contributed by atoms with Gasteiger partial charge in [0.25, 0.3) is 0 Å². The minimum atomic E-state index is -0.595. The Labute approximate surface area is 86.3 Å². The van der Waals surface area contributed by atoms with Crippen LogP contribution in [-0.2, 0) is 11.2 Å². The topological polar surface area (TPSA) is 29.1 Å². The van der Waals surface area contributed by atoms with Gasteiger partial charge in [-0.05, 0) is 18.1 Å². The SMILES string of the molecule is O=C1CCNC1Cc1ccc(F)cc1F. The highest BCUT2D eigenvalue weighted by molar-refractivity contribution is 5.86. The van der Waals surface area contributed by atoms with E-state index in [9.17, 15) is 13.6 Å². The molecule has 15 heavy (non-hydrogen) atoms. The van der Waals surface area contributed by atoms with Crippen LogP contribution < -0.4 is 5.32 Å². The van der Waals surface area contributed by atoms with E-state index in [1.165, 1.54) is 12.1 Å². The largest absolute Gasteiger partial charge is 0.307 e. The lowest BCUT2D eigenvalue weighted by atomic mass is 10.0. The average Bonchev–Trinajstić information content (AvgIpc) is 2.57. The van der Waals surface area contributed by atoms with Crippen molar-refractivity contribution in [2.45, 2.75) is 18.9 Å². The Balaban J connectivity index is 2.13. The number of halogens is 2. The summed E-state index contributed by atoms with van der Waals surface area (Å²) in [6, 6.07) is 3.12. The molecule has 1 saturated heterocycles. The molecule has 0 spiro atoms. The van der Waals surface area contributed by atoms with Gasteiger partial charge < -0.3 is 5.32 Å². The molecule has 1 N–H and O–H groups in total. The fourth-order valence-electron chi connectivity index (χ4n) is 1.75. The van der Waals surface area contributed by atoms with Gasteiger partial charge in [0.15, 0.2) is 5.78 Å². The van der Waals surface area contributed by atoms with Gasteiger partial charge in [0, 0.05) is 19.0 Å². The number of benzene rings is 1. The van der Waals surface area contributed by atoms with Crippen LogP contribution in [0.15, 0.2) is 18.2 Å². The standard InChI is InChI=1S/C11H11F2NO/c12-8-2-1-7(9(13)6-8)5-10-11(15)3-4-14-10/h1-2,6,10,14H,3-5H2. The number of nitrogens with one attached hydrogen (secondary N) is 1. The number of rotatable bonds is 2. The first kappa shape index (κ1) is 10.2. The molecule has 0 aromatic heterocycles. The summed E-state index contributed by atoms with van der Waals surface area (Å²) >= 11 is 0. The van der Waals surface area contributed by atoms with E-state index >= 15 is 0 Å². The van der Waals surface area contributed by atoms with Crippen LogP contribution in [0.1, 0.15) is 12.0 Å². The van der Waals surface area contributed by atoms with Crippen molar-refractivity contribution in [1.82, 2.24) is 5.32 Å². The maximum absolute atomic E-state index is 13.3. The lowest BCUT2D eigenvalue weighted by molar-refractivity contribution is -0.118. The van der Waals surface area contributed by atoms with Crippen molar-refractivity contribution in [3.63, 3.8) is 0 Å². The molecule has 4 heteroatoms. The van der Waals surface area contributed by atoms with E-state index in [0.717, 1.165) is 6.07 Å². The number of carbonyl (C=O) groups is 1. The highest BCUT2D eigenvalue weighted by Crippen LogP contribution is 2.14. The van der Waals surface area contributed by atoms with Gasteiger partial charge in [0.05, 0.1) is 6.04 Å². The van der Waals surface area contributed by atoms with Gasteiger partial charge >= 0.3 is 0 Å². The molecule has 1 atom stereocenters. The molecule has 0 amide bonds. The summed E-state index contributed by atoms with van der Waals surface area (Å²) in [5, 5.41) is 2.99. The number of hydrogen-bond donors (Lipinski definition) is 1. The van der Waals surface area contributed by atoms with E-state index in [4.69, 9.17) is 0 Å².